The summed E-state index contributed by atoms with van der Waals surface area (Å²) in [6.45, 7) is 6.22. The van der Waals surface area contributed by atoms with Crippen LogP contribution in [0, 0.1) is 6.92 Å². The van der Waals surface area contributed by atoms with Gasteiger partial charge in [-0.15, -0.1) is 12.4 Å². The largest absolute Gasteiger partial charge is 0.483 e. The van der Waals surface area contributed by atoms with Gasteiger partial charge in [0, 0.05) is 12.1 Å². The van der Waals surface area contributed by atoms with Crippen molar-refractivity contribution in [3.63, 3.8) is 0 Å². The lowest BCUT2D eigenvalue weighted by Crippen LogP contribution is -2.21. The Labute approximate surface area is 159 Å². The normalized spacial score (nSPS) is 11.8. The predicted octanol–water partition coefficient (Wildman–Crippen LogP) is 3.87. The van der Waals surface area contributed by atoms with E-state index in [1.807, 2.05) is 25.1 Å². The summed E-state index contributed by atoms with van der Waals surface area (Å²) in [5, 5.41) is 2.75. The van der Waals surface area contributed by atoms with Crippen LogP contribution in [-0.4, -0.2) is 19.3 Å². The summed E-state index contributed by atoms with van der Waals surface area (Å²) in [6, 6.07) is 9.30. The van der Waals surface area contributed by atoms with E-state index in [2.05, 4.69) is 19.2 Å². The van der Waals surface area contributed by atoms with Crippen LogP contribution in [0.2, 0.25) is 0 Å². The molecular weight excluding hydrogens is 356 g/mol. The minimum absolute atomic E-state index is 0. The maximum Gasteiger partial charge on any atom is 0.262 e. The monoisotopic (exact) mass is 378 g/mol. The number of anilines is 2. The average molecular weight is 379 g/mol. The second kappa shape index (κ2) is 8.19. The Morgan fingerprint density at radius 3 is 2.62 bits per heavy atom. The van der Waals surface area contributed by atoms with E-state index in [1.165, 1.54) is 0 Å². The number of benzene rings is 2. The van der Waals surface area contributed by atoms with Crippen LogP contribution in [0.15, 0.2) is 30.3 Å². The van der Waals surface area contributed by atoms with Crippen LogP contribution >= 0.6 is 12.4 Å². The lowest BCUT2D eigenvalue weighted by atomic mass is 10.0. The van der Waals surface area contributed by atoms with Crippen LogP contribution in [0.5, 0.6) is 17.2 Å². The number of fused-ring (bicyclic) bond motifs is 1. The highest BCUT2D eigenvalue weighted by Gasteiger charge is 2.17. The molecule has 7 heteroatoms. The minimum Gasteiger partial charge on any atom is -0.483 e. The number of halogens is 1. The summed E-state index contributed by atoms with van der Waals surface area (Å²) in [7, 11) is 0. The SMILES string of the molecule is Cc1ccc(C(C)C)c(OCC(=O)Nc2cc3c(cc2N)OCO3)c1.Cl. The maximum absolute atomic E-state index is 12.2. The third kappa shape index (κ3) is 4.32. The topological polar surface area (TPSA) is 82.8 Å². The van der Waals surface area contributed by atoms with Crippen molar-refractivity contribution in [2.24, 2.45) is 0 Å². The number of nitrogen functional groups attached to an aromatic ring is 1. The van der Waals surface area contributed by atoms with Crippen LogP contribution in [-0.2, 0) is 4.79 Å². The molecule has 0 bridgehead atoms. The van der Waals surface area contributed by atoms with Gasteiger partial charge in [-0.25, -0.2) is 0 Å². The highest BCUT2D eigenvalue weighted by atomic mass is 35.5. The minimum atomic E-state index is -0.290. The maximum atomic E-state index is 12.2. The first-order valence-corrected chi connectivity index (χ1v) is 8.16. The standard InChI is InChI=1S/C19H22N2O4.ClH/c1-11(2)13-5-4-12(3)6-16(13)23-9-19(22)21-15-8-18-17(7-14(15)20)24-10-25-18;/h4-8,11H,9-10,20H2,1-3H3,(H,21,22);1H. The van der Waals surface area contributed by atoms with E-state index in [1.54, 1.807) is 12.1 Å². The van der Waals surface area contributed by atoms with Crippen LogP contribution < -0.4 is 25.3 Å². The van der Waals surface area contributed by atoms with Gasteiger partial charge in [-0.05, 0) is 30.0 Å². The molecule has 1 aliphatic rings. The van der Waals surface area contributed by atoms with E-state index in [0.29, 0.717) is 28.8 Å². The van der Waals surface area contributed by atoms with Crippen molar-refractivity contribution in [3.8, 4) is 17.2 Å². The van der Waals surface area contributed by atoms with Crippen LogP contribution in [0.25, 0.3) is 0 Å². The summed E-state index contributed by atoms with van der Waals surface area (Å²) in [4.78, 5) is 12.2. The van der Waals surface area contributed by atoms with E-state index >= 15 is 0 Å². The smallest absolute Gasteiger partial charge is 0.262 e. The molecule has 0 fully saturated rings. The first-order chi connectivity index (χ1) is 11.9. The van der Waals surface area contributed by atoms with Crippen LogP contribution in [0.4, 0.5) is 11.4 Å². The molecule has 1 amide bonds. The van der Waals surface area contributed by atoms with Crippen molar-refractivity contribution < 1.29 is 19.0 Å². The Morgan fingerprint density at radius 1 is 1.23 bits per heavy atom. The lowest BCUT2D eigenvalue weighted by Gasteiger charge is -2.15. The number of aryl methyl sites for hydroxylation is 1. The first kappa shape index (κ1) is 19.7. The van der Waals surface area contributed by atoms with Gasteiger partial charge in [0.1, 0.15) is 5.75 Å². The van der Waals surface area contributed by atoms with Gasteiger partial charge < -0.3 is 25.3 Å². The van der Waals surface area contributed by atoms with Crippen molar-refractivity contribution in [2.75, 3.05) is 24.5 Å². The van der Waals surface area contributed by atoms with E-state index in [-0.39, 0.29) is 31.7 Å². The number of hydrogen-bond donors (Lipinski definition) is 2. The molecule has 2 aromatic carbocycles. The number of nitrogens with one attached hydrogen (secondary N) is 1. The molecule has 140 valence electrons. The average Bonchev–Trinajstić information content (AvgIpc) is 3.00. The van der Waals surface area contributed by atoms with Gasteiger partial charge in [-0.3, -0.25) is 4.79 Å². The fourth-order valence-electron chi connectivity index (χ4n) is 2.64. The number of carbonyl (C=O) groups excluding carboxylic acids is 1. The van der Waals surface area contributed by atoms with Gasteiger partial charge in [-0.1, -0.05) is 26.0 Å². The van der Waals surface area contributed by atoms with Gasteiger partial charge in [0.15, 0.2) is 18.1 Å². The number of carbonyl (C=O) groups is 1. The molecule has 3 N–H and O–H groups in total. The summed E-state index contributed by atoms with van der Waals surface area (Å²) < 4.78 is 16.3. The number of rotatable bonds is 5. The van der Waals surface area contributed by atoms with E-state index < -0.39 is 0 Å². The Balaban J connectivity index is 0.00000243. The molecule has 0 unspecified atom stereocenters. The molecule has 0 saturated heterocycles. The number of nitrogens with two attached hydrogens (primary N) is 1. The Kier molecular flexibility index (Phi) is 6.21. The van der Waals surface area contributed by atoms with Gasteiger partial charge >= 0.3 is 0 Å². The highest BCUT2D eigenvalue weighted by molar-refractivity contribution is 5.95. The molecule has 1 heterocycles. The molecule has 0 saturated carbocycles. The molecule has 6 nitrogen and oxygen atoms in total. The summed E-state index contributed by atoms with van der Waals surface area (Å²) in [5.41, 5.74) is 8.99. The van der Waals surface area contributed by atoms with Crippen LogP contribution in [0.3, 0.4) is 0 Å². The number of ether oxygens (including phenoxy) is 3. The van der Waals surface area contributed by atoms with Crippen molar-refractivity contribution in [2.45, 2.75) is 26.7 Å². The molecule has 0 radical (unpaired) electrons. The molecule has 3 rings (SSSR count). The zero-order valence-corrected chi connectivity index (χ0v) is 15.8. The van der Waals surface area contributed by atoms with E-state index in [9.17, 15) is 4.79 Å². The molecule has 1 aliphatic heterocycles. The molecule has 26 heavy (non-hydrogen) atoms. The third-order valence-corrected chi connectivity index (χ3v) is 3.97. The first-order valence-electron chi connectivity index (χ1n) is 8.16. The summed E-state index contributed by atoms with van der Waals surface area (Å²) in [6.07, 6.45) is 0. The van der Waals surface area contributed by atoms with Crippen molar-refractivity contribution in [1.82, 2.24) is 0 Å². The molecule has 2 aromatic rings. The highest BCUT2D eigenvalue weighted by Crippen LogP contribution is 2.38. The predicted molar refractivity (Wildman–Crippen MR) is 104 cm³/mol. The third-order valence-electron chi connectivity index (χ3n) is 3.97. The second-order valence-corrected chi connectivity index (χ2v) is 6.33. The van der Waals surface area contributed by atoms with E-state index in [0.717, 1.165) is 16.9 Å². The molecule has 0 aliphatic carbocycles. The van der Waals surface area contributed by atoms with Crippen LogP contribution in [0.1, 0.15) is 30.9 Å². The summed E-state index contributed by atoms with van der Waals surface area (Å²) in [5.74, 6) is 1.88. The second-order valence-electron chi connectivity index (χ2n) is 6.33. The Hall–Kier alpha value is -2.60. The fraction of sp³-hybridized carbons (Fsp3) is 0.316. The van der Waals surface area contributed by atoms with Gasteiger partial charge in [-0.2, -0.15) is 0 Å². The van der Waals surface area contributed by atoms with Gasteiger partial charge in [0.05, 0.1) is 11.4 Å². The molecule has 0 aromatic heterocycles. The van der Waals surface area contributed by atoms with E-state index in [4.69, 9.17) is 19.9 Å². The van der Waals surface area contributed by atoms with Crippen molar-refractivity contribution >= 4 is 29.7 Å². The van der Waals surface area contributed by atoms with Gasteiger partial charge in [0.25, 0.3) is 5.91 Å². The van der Waals surface area contributed by atoms with Crippen molar-refractivity contribution in [3.05, 3.63) is 41.5 Å². The van der Waals surface area contributed by atoms with Gasteiger partial charge in [0.2, 0.25) is 6.79 Å². The fourth-order valence-corrected chi connectivity index (χ4v) is 2.64. The zero-order chi connectivity index (χ0) is 18.0. The zero-order valence-electron chi connectivity index (χ0n) is 15.0. The molecule has 0 spiro atoms. The number of amides is 1. The lowest BCUT2D eigenvalue weighted by molar-refractivity contribution is -0.118. The molecule has 0 atom stereocenters. The molecular formula is C19H23ClN2O4. The summed E-state index contributed by atoms with van der Waals surface area (Å²) >= 11 is 0. The quantitative estimate of drug-likeness (QED) is 0.772. The Bertz CT molecular complexity index is 808. The van der Waals surface area contributed by atoms with Crippen molar-refractivity contribution in [1.29, 1.82) is 0 Å². The number of hydrogen-bond acceptors (Lipinski definition) is 5. The Morgan fingerprint density at radius 2 is 1.92 bits per heavy atom.